The Kier molecular flexibility index (Phi) is 6.51. The van der Waals surface area contributed by atoms with Crippen molar-refractivity contribution in [1.82, 2.24) is 15.1 Å². The minimum atomic E-state index is -4.17. The Morgan fingerprint density at radius 3 is 2.50 bits per heavy atom. The number of piperazine rings is 1. The van der Waals surface area contributed by atoms with Crippen molar-refractivity contribution in [2.24, 2.45) is 4.99 Å². The predicted molar refractivity (Wildman–Crippen MR) is 92.5 cm³/mol. The van der Waals surface area contributed by atoms with Crippen LogP contribution in [0.25, 0.3) is 0 Å². The number of nitrogens with zero attached hydrogens (tertiary/aromatic N) is 3. The first-order chi connectivity index (χ1) is 11.3. The zero-order valence-electron chi connectivity index (χ0n) is 14.4. The Hall–Kier alpha value is -1.28. The Morgan fingerprint density at radius 1 is 1.33 bits per heavy atom. The van der Waals surface area contributed by atoms with Crippen molar-refractivity contribution in [3.63, 3.8) is 0 Å². The first-order valence-electron chi connectivity index (χ1n) is 8.20. The third-order valence-electron chi connectivity index (χ3n) is 4.31. The molecule has 2 rings (SSSR count). The lowest BCUT2D eigenvalue weighted by atomic mass is 10.2. The van der Waals surface area contributed by atoms with E-state index >= 15 is 0 Å². The largest absolute Gasteiger partial charge is 0.403 e. The Bertz CT molecular complexity index is 548. The molecule has 0 bridgehead atoms. The highest BCUT2D eigenvalue weighted by Crippen LogP contribution is 2.25. The number of thiophene rings is 1. The number of nitrogens with one attached hydrogen (secondary N) is 1. The number of hydrogen-bond donors (Lipinski definition) is 1. The van der Waals surface area contributed by atoms with Crippen molar-refractivity contribution in [1.29, 1.82) is 0 Å². The van der Waals surface area contributed by atoms with E-state index in [1.807, 2.05) is 17.2 Å². The highest BCUT2D eigenvalue weighted by Gasteiger charge is 2.41. The average molecular weight is 362 g/mol. The molecule has 1 aromatic rings. The molecule has 0 amide bonds. The summed E-state index contributed by atoms with van der Waals surface area (Å²) in [6.07, 6.45) is -4.17. The molecule has 24 heavy (non-hydrogen) atoms. The van der Waals surface area contributed by atoms with Crippen LogP contribution in [-0.2, 0) is 6.54 Å². The van der Waals surface area contributed by atoms with Gasteiger partial charge in [0.15, 0.2) is 5.96 Å². The van der Waals surface area contributed by atoms with Crippen LogP contribution in [0.3, 0.4) is 0 Å². The lowest BCUT2D eigenvalue weighted by Gasteiger charge is -2.39. The van der Waals surface area contributed by atoms with Crippen molar-refractivity contribution < 1.29 is 13.2 Å². The van der Waals surface area contributed by atoms with Crippen LogP contribution in [0.2, 0.25) is 0 Å². The molecule has 1 unspecified atom stereocenters. The fraction of sp³-hybridized carbons (Fsp3) is 0.688. The summed E-state index contributed by atoms with van der Waals surface area (Å²) in [6.45, 7) is 8.51. The lowest BCUT2D eigenvalue weighted by Crippen LogP contribution is -2.56. The predicted octanol–water partition coefficient (Wildman–Crippen LogP) is 3.09. The second-order valence-electron chi connectivity index (χ2n) is 5.94. The van der Waals surface area contributed by atoms with Gasteiger partial charge in [0.2, 0.25) is 0 Å². The summed E-state index contributed by atoms with van der Waals surface area (Å²) in [7, 11) is 0. The molecule has 0 saturated carbocycles. The van der Waals surface area contributed by atoms with E-state index < -0.39 is 12.2 Å². The summed E-state index contributed by atoms with van der Waals surface area (Å²) < 4.78 is 38.5. The number of alkyl halides is 3. The molecule has 0 aromatic carbocycles. The summed E-state index contributed by atoms with van der Waals surface area (Å²) in [6, 6.07) is 0.674. The summed E-state index contributed by atoms with van der Waals surface area (Å²) in [5.41, 5.74) is 1.23. The highest BCUT2D eigenvalue weighted by atomic mass is 32.1. The van der Waals surface area contributed by atoms with Gasteiger partial charge in [0, 0.05) is 37.6 Å². The van der Waals surface area contributed by atoms with E-state index in [2.05, 4.69) is 23.3 Å². The van der Waals surface area contributed by atoms with Crippen LogP contribution in [0.1, 0.15) is 24.3 Å². The molecular weight excluding hydrogens is 337 g/mol. The second kappa shape index (κ2) is 8.20. The van der Waals surface area contributed by atoms with E-state index in [-0.39, 0.29) is 0 Å². The average Bonchev–Trinajstić information content (AvgIpc) is 2.95. The number of halogens is 3. The molecule has 136 valence electrons. The number of guanidine groups is 1. The quantitative estimate of drug-likeness (QED) is 0.660. The molecule has 4 nitrogen and oxygen atoms in total. The maximum atomic E-state index is 12.8. The van der Waals surface area contributed by atoms with Gasteiger partial charge >= 0.3 is 6.18 Å². The SMILES string of the molecule is CCNC(=NCc1sccc1C)N1CCN(C(C)C(F)(F)F)CC1. The number of rotatable bonds is 4. The summed E-state index contributed by atoms with van der Waals surface area (Å²) >= 11 is 1.68. The molecule has 1 atom stereocenters. The van der Waals surface area contributed by atoms with Gasteiger partial charge in [-0.3, -0.25) is 4.90 Å². The Balaban J connectivity index is 1.97. The molecule has 1 aliphatic rings. The van der Waals surface area contributed by atoms with E-state index in [0.717, 1.165) is 12.5 Å². The molecule has 1 N–H and O–H groups in total. The molecule has 0 spiro atoms. The van der Waals surface area contributed by atoms with Crippen LogP contribution < -0.4 is 5.32 Å². The topological polar surface area (TPSA) is 30.9 Å². The van der Waals surface area contributed by atoms with Crippen LogP contribution >= 0.6 is 11.3 Å². The Morgan fingerprint density at radius 2 is 2.00 bits per heavy atom. The van der Waals surface area contributed by atoms with Gasteiger partial charge in [-0.1, -0.05) is 0 Å². The molecule has 2 heterocycles. The molecular formula is C16H25F3N4S. The Labute approximate surface area is 145 Å². The summed E-state index contributed by atoms with van der Waals surface area (Å²) in [5, 5.41) is 5.29. The molecule has 1 aliphatic heterocycles. The van der Waals surface area contributed by atoms with Gasteiger partial charge in [0.25, 0.3) is 0 Å². The van der Waals surface area contributed by atoms with Gasteiger partial charge in [-0.05, 0) is 37.8 Å². The highest BCUT2D eigenvalue weighted by molar-refractivity contribution is 7.10. The number of aliphatic imine (C=N–C) groups is 1. The van der Waals surface area contributed by atoms with E-state index in [1.54, 1.807) is 11.3 Å². The van der Waals surface area contributed by atoms with Crippen LogP contribution in [0.5, 0.6) is 0 Å². The van der Waals surface area contributed by atoms with Gasteiger partial charge in [-0.15, -0.1) is 11.3 Å². The minimum Gasteiger partial charge on any atom is -0.357 e. The zero-order valence-corrected chi connectivity index (χ0v) is 15.2. The van der Waals surface area contributed by atoms with Crippen LogP contribution in [0, 0.1) is 6.92 Å². The van der Waals surface area contributed by atoms with Gasteiger partial charge in [-0.25, -0.2) is 4.99 Å². The minimum absolute atomic E-state index is 0.392. The zero-order chi connectivity index (χ0) is 17.7. The molecule has 1 aromatic heterocycles. The normalized spacial score (nSPS) is 18.8. The van der Waals surface area contributed by atoms with E-state index in [0.29, 0.717) is 32.7 Å². The van der Waals surface area contributed by atoms with Gasteiger partial charge in [0.05, 0.1) is 6.54 Å². The molecule has 1 fully saturated rings. The van der Waals surface area contributed by atoms with E-state index in [1.165, 1.54) is 22.3 Å². The van der Waals surface area contributed by atoms with Crippen molar-refractivity contribution in [2.45, 2.75) is 39.5 Å². The third-order valence-corrected chi connectivity index (χ3v) is 5.32. The van der Waals surface area contributed by atoms with E-state index in [4.69, 9.17) is 0 Å². The molecule has 8 heteroatoms. The van der Waals surface area contributed by atoms with E-state index in [9.17, 15) is 13.2 Å². The van der Waals surface area contributed by atoms with Gasteiger partial charge in [-0.2, -0.15) is 13.2 Å². The fourth-order valence-corrected chi connectivity index (χ4v) is 3.50. The van der Waals surface area contributed by atoms with Gasteiger partial charge < -0.3 is 10.2 Å². The number of hydrogen-bond acceptors (Lipinski definition) is 3. The summed E-state index contributed by atoms with van der Waals surface area (Å²) in [4.78, 5) is 9.41. The van der Waals surface area contributed by atoms with Crippen LogP contribution in [0.4, 0.5) is 13.2 Å². The maximum absolute atomic E-state index is 12.8. The smallest absolute Gasteiger partial charge is 0.357 e. The first kappa shape index (κ1) is 19.1. The standard InChI is InChI=1S/C16H25F3N4S/c1-4-20-15(21-11-14-12(2)5-10-24-14)23-8-6-22(7-9-23)13(3)16(17,18)19/h5,10,13H,4,6-9,11H2,1-3H3,(H,20,21). The van der Waals surface area contributed by atoms with Crippen molar-refractivity contribution in [3.05, 3.63) is 21.9 Å². The van der Waals surface area contributed by atoms with Crippen LogP contribution in [-0.4, -0.2) is 60.7 Å². The molecule has 0 aliphatic carbocycles. The summed E-state index contributed by atoms with van der Waals surface area (Å²) in [5.74, 6) is 0.782. The lowest BCUT2D eigenvalue weighted by molar-refractivity contribution is -0.181. The second-order valence-corrected chi connectivity index (χ2v) is 6.94. The third kappa shape index (κ3) is 4.86. The molecule has 0 radical (unpaired) electrons. The van der Waals surface area contributed by atoms with Gasteiger partial charge in [0.1, 0.15) is 6.04 Å². The maximum Gasteiger partial charge on any atom is 0.403 e. The van der Waals surface area contributed by atoms with Crippen molar-refractivity contribution >= 4 is 17.3 Å². The van der Waals surface area contributed by atoms with Crippen LogP contribution in [0.15, 0.2) is 16.4 Å². The monoisotopic (exact) mass is 362 g/mol. The van der Waals surface area contributed by atoms with Crippen molar-refractivity contribution in [2.75, 3.05) is 32.7 Å². The number of aryl methyl sites for hydroxylation is 1. The van der Waals surface area contributed by atoms with Crippen molar-refractivity contribution in [3.8, 4) is 0 Å². The fourth-order valence-electron chi connectivity index (χ4n) is 2.67. The molecule has 1 saturated heterocycles. The first-order valence-corrected chi connectivity index (χ1v) is 9.08.